The third-order valence-corrected chi connectivity index (χ3v) is 3.43. The van der Waals surface area contributed by atoms with E-state index in [1.165, 1.54) is 0 Å². The first-order valence-electron chi connectivity index (χ1n) is 7.94. The maximum atomic E-state index is 12.8. The Labute approximate surface area is 143 Å². The molecule has 0 aromatic heterocycles. The van der Waals surface area contributed by atoms with Crippen LogP contribution in [-0.4, -0.2) is 23.9 Å². The van der Waals surface area contributed by atoms with Gasteiger partial charge in [0.05, 0.1) is 23.7 Å². The van der Waals surface area contributed by atoms with Gasteiger partial charge in [0.15, 0.2) is 0 Å². The second-order valence-electron chi connectivity index (χ2n) is 5.90. The van der Waals surface area contributed by atoms with Gasteiger partial charge in [-0.3, -0.25) is 4.79 Å². The van der Waals surface area contributed by atoms with Gasteiger partial charge in [-0.05, 0) is 30.2 Å². The molecule has 0 aliphatic heterocycles. The minimum atomic E-state index is -0.150. The van der Waals surface area contributed by atoms with Crippen molar-refractivity contribution in [3.63, 3.8) is 0 Å². The zero-order valence-corrected chi connectivity index (χ0v) is 14.0. The van der Waals surface area contributed by atoms with Crippen molar-refractivity contribution < 1.29 is 4.79 Å². The van der Waals surface area contributed by atoms with E-state index >= 15 is 0 Å². The number of hydrogen-bond acceptors (Lipinski definition) is 2. The Morgan fingerprint density at radius 3 is 2.42 bits per heavy atom. The van der Waals surface area contributed by atoms with Crippen molar-refractivity contribution in [3.8, 4) is 17.9 Å². The minimum absolute atomic E-state index is 0.150. The molecule has 0 N–H and O–H groups in total. The van der Waals surface area contributed by atoms with E-state index < -0.39 is 0 Å². The molecule has 1 amide bonds. The molecule has 0 aliphatic rings. The van der Waals surface area contributed by atoms with E-state index in [1.54, 1.807) is 29.2 Å². The molecule has 2 rings (SSSR count). The number of hydrogen-bond donors (Lipinski definition) is 0. The fraction of sp³-hybridized carbons (Fsp3) is 0.238. The summed E-state index contributed by atoms with van der Waals surface area (Å²) in [5.41, 5.74) is 1.75. The van der Waals surface area contributed by atoms with Gasteiger partial charge in [-0.25, -0.2) is 0 Å². The van der Waals surface area contributed by atoms with Crippen molar-refractivity contribution in [2.45, 2.75) is 13.8 Å². The van der Waals surface area contributed by atoms with E-state index in [0.29, 0.717) is 30.1 Å². The monoisotopic (exact) mass is 316 g/mol. The zero-order valence-electron chi connectivity index (χ0n) is 14.0. The predicted molar refractivity (Wildman–Crippen MR) is 95.2 cm³/mol. The highest BCUT2D eigenvalue weighted by Gasteiger charge is 2.18. The molecule has 0 saturated heterocycles. The van der Waals surface area contributed by atoms with E-state index in [4.69, 9.17) is 0 Å². The van der Waals surface area contributed by atoms with Gasteiger partial charge in [0.25, 0.3) is 5.91 Å². The lowest BCUT2D eigenvalue weighted by molar-refractivity contribution is 0.0759. The molecule has 0 unspecified atom stereocenters. The topological polar surface area (TPSA) is 44.1 Å². The smallest absolute Gasteiger partial charge is 0.255 e. The lowest BCUT2D eigenvalue weighted by atomic mass is 10.1. The first-order valence-corrected chi connectivity index (χ1v) is 7.94. The average molecular weight is 316 g/mol. The van der Waals surface area contributed by atoms with Crippen LogP contribution in [0.15, 0.2) is 54.6 Å². The van der Waals surface area contributed by atoms with E-state index in [1.807, 2.05) is 30.3 Å². The molecule has 3 nitrogen and oxygen atoms in total. The van der Waals surface area contributed by atoms with Crippen LogP contribution in [0.4, 0.5) is 0 Å². The standard InChI is InChI=1S/C21H20N2O/c1-17(2)16-23(14-8-11-18-9-4-3-5-10-18)21(24)20-13-7-6-12-19(20)15-22/h3-7,9-10,12-13,17H,14,16H2,1-2H3. The quantitative estimate of drug-likeness (QED) is 0.807. The van der Waals surface area contributed by atoms with Crippen LogP contribution >= 0.6 is 0 Å². The van der Waals surface area contributed by atoms with Crippen molar-refractivity contribution >= 4 is 5.91 Å². The molecule has 0 radical (unpaired) electrons. The van der Waals surface area contributed by atoms with E-state index in [0.717, 1.165) is 5.56 Å². The Bertz CT molecular complexity index is 792. The predicted octanol–water partition coefficient (Wildman–Crippen LogP) is 3.71. The van der Waals surface area contributed by atoms with Gasteiger partial charge in [0, 0.05) is 12.1 Å². The van der Waals surface area contributed by atoms with Crippen molar-refractivity contribution in [3.05, 3.63) is 71.3 Å². The van der Waals surface area contributed by atoms with Crippen LogP contribution in [0.1, 0.15) is 35.3 Å². The molecule has 120 valence electrons. The van der Waals surface area contributed by atoms with Crippen LogP contribution in [0.2, 0.25) is 0 Å². The molecule has 0 heterocycles. The lowest BCUT2D eigenvalue weighted by Crippen LogP contribution is -2.35. The van der Waals surface area contributed by atoms with Gasteiger partial charge in [-0.1, -0.05) is 56.0 Å². The number of rotatable bonds is 4. The van der Waals surface area contributed by atoms with Crippen molar-refractivity contribution in [2.75, 3.05) is 13.1 Å². The fourth-order valence-electron chi connectivity index (χ4n) is 2.36. The third-order valence-electron chi connectivity index (χ3n) is 3.43. The number of amides is 1. The molecule has 3 heteroatoms. The average Bonchev–Trinajstić information content (AvgIpc) is 2.61. The van der Waals surface area contributed by atoms with Gasteiger partial charge in [0.1, 0.15) is 0 Å². The Kier molecular flexibility index (Phi) is 6.17. The zero-order chi connectivity index (χ0) is 17.4. The Hall–Kier alpha value is -3.04. The molecule has 24 heavy (non-hydrogen) atoms. The van der Waals surface area contributed by atoms with Crippen LogP contribution in [0.25, 0.3) is 0 Å². The molecular weight excluding hydrogens is 296 g/mol. The van der Waals surface area contributed by atoms with Gasteiger partial charge in [-0.15, -0.1) is 0 Å². The van der Waals surface area contributed by atoms with Crippen molar-refractivity contribution in [1.82, 2.24) is 4.90 Å². The van der Waals surface area contributed by atoms with Crippen LogP contribution < -0.4 is 0 Å². The summed E-state index contributed by atoms with van der Waals surface area (Å²) in [6.45, 7) is 5.05. The van der Waals surface area contributed by atoms with Crippen molar-refractivity contribution in [2.24, 2.45) is 5.92 Å². The summed E-state index contributed by atoms with van der Waals surface area (Å²) in [6.07, 6.45) is 0. The molecule has 0 fully saturated rings. The van der Waals surface area contributed by atoms with Gasteiger partial charge in [-0.2, -0.15) is 5.26 Å². The molecule has 0 aliphatic carbocycles. The Morgan fingerprint density at radius 2 is 1.75 bits per heavy atom. The molecule has 0 spiro atoms. The van der Waals surface area contributed by atoms with E-state index in [-0.39, 0.29) is 5.91 Å². The summed E-state index contributed by atoms with van der Waals surface area (Å²) in [5, 5.41) is 9.21. The number of nitrogens with zero attached hydrogens (tertiary/aromatic N) is 2. The normalized spacial score (nSPS) is 9.75. The summed E-state index contributed by atoms with van der Waals surface area (Å²) in [7, 11) is 0. The molecule has 2 aromatic rings. The lowest BCUT2D eigenvalue weighted by Gasteiger charge is -2.22. The van der Waals surface area contributed by atoms with E-state index in [9.17, 15) is 10.1 Å². The number of benzene rings is 2. The number of carbonyl (C=O) groups excluding carboxylic acids is 1. The first kappa shape index (κ1) is 17.3. The summed E-state index contributed by atoms with van der Waals surface area (Å²) in [4.78, 5) is 14.5. The molecule has 2 aromatic carbocycles. The molecule has 0 saturated carbocycles. The summed E-state index contributed by atoms with van der Waals surface area (Å²) in [6, 6.07) is 18.7. The SMILES string of the molecule is CC(C)CN(CC#Cc1ccccc1)C(=O)c1ccccc1C#N. The highest BCUT2D eigenvalue weighted by molar-refractivity contribution is 5.96. The second-order valence-corrected chi connectivity index (χ2v) is 5.90. The largest absolute Gasteiger partial charge is 0.327 e. The maximum absolute atomic E-state index is 12.8. The van der Waals surface area contributed by atoms with Gasteiger partial charge >= 0.3 is 0 Å². The van der Waals surface area contributed by atoms with Crippen LogP contribution in [-0.2, 0) is 0 Å². The fourth-order valence-corrected chi connectivity index (χ4v) is 2.36. The van der Waals surface area contributed by atoms with E-state index in [2.05, 4.69) is 31.8 Å². The maximum Gasteiger partial charge on any atom is 0.255 e. The molecular formula is C21H20N2O. The third kappa shape index (κ3) is 4.73. The first-order chi connectivity index (χ1) is 11.6. The summed E-state index contributed by atoms with van der Waals surface area (Å²) >= 11 is 0. The highest BCUT2D eigenvalue weighted by Crippen LogP contribution is 2.12. The van der Waals surface area contributed by atoms with Crippen LogP contribution in [0.5, 0.6) is 0 Å². The molecule has 0 atom stereocenters. The summed E-state index contributed by atoms with van der Waals surface area (Å²) < 4.78 is 0. The Morgan fingerprint density at radius 1 is 1.08 bits per heavy atom. The second kappa shape index (κ2) is 8.56. The van der Waals surface area contributed by atoms with Gasteiger partial charge in [0.2, 0.25) is 0 Å². The number of nitriles is 1. The number of carbonyl (C=O) groups is 1. The molecule has 0 bridgehead atoms. The minimum Gasteiger partial charge on any atom is -0.327 e. The Balaban J connectivity index is 2.21. The highest BCUT2D eigenvalue weighted by atomic mass is 16.2. The van der Waals surface area contributed by atoms with Crippen LogP contribution in [0, 0.1) is 29.1 Å². The van der Waals surface area contributed by atoms with Crippen LogP contribution in [0.3, 0.4) is 0 Å². The van der Waals surface area contributed by atoms with Gasteiger partial charge < -0.3 is 4.90 Å². The summed E-state index contributed by atoms with van der Waals surface area (Å²) in [5.74, 6) is 6.31. The van der Waals surface area contributed by atoms with Crippen molar-refractivity contribution in [1.29, 1.82) is 5.26 Å².